The number of aliphatic hydroxyl groups excluding tert-OH is 1. The predicted octanol–water partition coefficient (Wildman–Crippen LogP) is 2.06. The van der Waals surface area contributed by atoms with Gasteiger partial charge in [0.15, 0.2) is 20.7 Å². The fourth-order valence-electron chi connectivity index (χ4n) is 2.26. The standard InChI is InChI=1S/C15H30O6Si/c1-9-11(21-22(7,8)15(3,4)5)12(18-6)13(14(17)19-9)20-10(2)16/h9,11-14,17H,1-8H3/t9-,11-,12+,13+,14+/m0/s1. The largest absolute Gasteiger partial charge is 0.454 e. The summed E-state index contributed by atoms with van der Waals surface area (Å²) in [5.74, 6) is -0.490. The van der Waals surface area contributed by atoms with Crippen molar-refractivity contribution in [3.05, 3.63) is 0 Å². The highest BCUT2D eigenvalue weighted by Gasteiger charge is 2.50. The molecule has 1 aliphatic heterocycles. The van der Waals surface area contributed by atoms with E-state index in [1.807, 2.05) is 6.92 Å². The number of hydrogen-bond donors (Lipinski definition) is 1. The van der Waals surface area contributed by atoms with Crippen LogP contribution >= 0.6 is 0 Å². The Bertz CT molecular complexity index is 392. The van der Waals surface area contributed by atoms with Gasteiger partial charge in [0.2, 0.25) is 0 Å². The summed E-state index contributed by atoms with van der Waals surface area (Å²) in [6.45, 7) is 13.8. The third kappa shape index (κ3) is 4.29. The molecule has 6 nitrogen and oxygen atoms in total. The predicted molar refractivity (Wildman–Crippen MR) is 85.0 cm³/mol. The van der Waals surface area contributed by atoms with Crippen LogP contribution in [0.3, 0.4) is 0 Å². The molecule has 0 aromatic rings. The fraction of sp³-hybridized carbons (Fsp3) is 0.933. The highest BCUT2D eigenvalue weighted by Crippen LogP contribution is 2.39. The van der Waals surface area contributed by atoms with Crippen LogP contribution in [0.5, 0.6) is 0 Å². The third-order valence-electron chi connectivity index (χ3n) is 4.56. The van der Waals surface area contributed by atoms with E-state index in [2.05, 4.69) is 33.9 Å². The highest BCUT2D eigenvalue weighted by molar-refractivity contribution is 6.74. The van der Waals surface area contributed by atoms with Crippen LogP contribution in [0.15, 0.2) is 0 Å². The number of rotatable bonds is 4. The van der Waals surface area contributed by atoms with Gasteiger partial charge in [0.1, 0.15) is 12.2 Å². The van der Waals surface area contributed by atoms with Crippen LogP contribution in [0.25, 0.3) is 0 Å². The van der Waals surface area contributed by atoms with Crippen molar-refractivity contribution in [3.8, 4) is 0 Å². The van der Waals surface area contributed by atoms with Gasteiger partial charge in [-0.15, -0.1) is 0 Å². The Morgan fingerprint density at radius 3 is 2.14 bits per heavy atom. The zero-order valence-corrected chi connectivity index (χ0v) is 15.9. The first kappa shape index (κ1) is 19.6. The van der Waals surface area contributed by atoms with Gasteiger partial charge < -0.3 is 23.7 Å². The van der Waals surface area contributed by atoms with E-state index in [0.29, 0.717) is 0 Å². The van der Waals surface area contributed by atoms with Crippen molar-refractivity contribution in [2.75, 3.05) is 7.11 Å². The average Bonchev–Trinajstić information content (AvgIpc) is 2.33. The van der Waals surface area contributed by atoms with Gasteiger partial charge in [-0.25, -0.2) is 0 Å². The Morgan fingerprint density at radius 1 is 1.18 bits per heavy atom. The molecule has 0 aliphatic carbocycles. The molecule has 0 saturated carbocycles. The normalized spacial score (nSPS) is 33.6. The van der Waals surface area contributed by atoms with Crippen molar-refractivity contribution >= 4 is 14.3 Å². The van der Waals surface area contributed by atoms with Gasteiger partial charge in [0.25, 0.3) is 0 Å². The molecule has 0 bridgehead atoms. The highest BCUT2D eigenvalue weighted by atomic mass is 28.4. The number of hydrogen-bond acceptors (Lipinski definition) is 6. The molecule has 0 amide bonds. The number of ether oxygens (including phenoxy) is 3. The molecule has 1 aliphatic rings. The Hall–Kier alpha value is -0.473. The van der Waals surface area contributed by atoms with Crippen LogP contribution in [-0.4, -0.2) is 57.2 Å². The maximum absolute atomic E-state index is 11.3. The molecule has 1 heterocycles. The molecular formula is C15H30O6Si. The number of carbonyl (C=O) groups is 1. The SMILES string of the molecule is CO[C@@H]1[C@@H](O[Si](C)(C)C(C)(C)C)[C@H](C)O[C@@H](O)[C@@H]1OC(C)=O. The summed E-state index contributed by atoms with van der Waals surface area (Å²) in [6.07, 6.45) is -3.45. The van der Waals surface area contributed by atoms with E-state index in [1.165, 1.54) is 14.0 Å². The number of carbonyl (C=O) groups excluding carboxylic acids is 1. The molecule has 1 rings (SSSR count). The second-order valence-corrected chi connectivity index (χ2v) is 12.1. The van der Waals surface area contributed by atoms with Crippen molar-refractivity contribution in [3.63, 3.8) is 0 Å². The monoisotopic (exact) mass is 334 g/mol. The van der Waals surface area contributed by atoms with Crippen LogP contribution in [-0.2, 0) is 23.4 Å². The van der Waals surface area contributed by atoms with E-state index in [0.717, 1.165) is 0 Å². The van der Waals surface area contributed by atoms with E-state index < -0.39 is 38.9 Å². The summed E-state index contributed by atoms with van der Waals surface area (Å²) in [7, 11) is -0.544. The van der Waals surface area contributed by atoms with Gasteiger partial charge in [0.05, 0.1) is 6.10 Å². The average molecular weight is 334 g/mol. The Labute approximate surface area is 134 Å². The van der Waals surface area contributed by atoms with Crippen molar-refractivity contribution in [2.45, 2.75) is 83.5 Å². The molecule has 130 valence electrons. The molecule has 0 spiro atoms. The van der Waals surface area contributed by atoms with Gasteiger partial charge in [-0.2, -0.15) is 0 Å². The molecule has 0 aromatic carbocycles. The quantitative estimate of drug-likeness (QED) is 0.626. The zero-order valence-electron chi connectivity index (χ0n) is 14.9. The van der Waals surface area contributed by atoms with E-state index in [1.54, 1.807) is 0 Å². The third-order valence-corrected chi connectivity index (χ3v) is 9.03. The minimum Gasteiger partial charge on any atom is -0.454 e. The Kier molecular flexibility index (Phi) is 6.20. The summed E-state index contributed by atoms with van der Waals surface area (Å²) >= 11 is 0. The van der Waals surface area contributed by atoms with Crippen LogP contribution in [0, 0.1) is 0 Å². The van der Waals surface area contributed by atoms with E-state index >= 15 is 0 Å². The lowest BCUT2D eigenvalue weighted by Gasteiger charge is -2.47. The van der Waals surface area contributed by atoms with Crippen LogP contribution in [0.2, 0.25) is 18.1 Å². The first-order valence-electron chi connectivity index (χ1n) is 7.62. The minimum absolute atomic E-state index is 0.0258. The maximum atomic E-state index is 11.3. The van der Waals surface area contributed by atoms with Gasteiger partial charge in [-0.1, -0.05) is 20.8 Å². The summed E-state index contributed by atoms with van der Waals surface area (Å²) in [5, 5.41) is 10.1. The summed E-state index contributed by atoms with van der Waals surface area (Å²) in [4.78, 5) is 11.3. The fourth-order valence-corrected chi connectivity index (χ4v) is 3.62. The first-order valence-corrected chi connectivity index (χ1v) is 10.5. The second kappa shape index (κ2) is 6.96. The van der Waals surface area contributed by atoms with Gasteiger partial charge in [-0.05, 0) is 25.1 Å². The molecule has 0 unspecified atom stereocenters. The van der Waals surface area contributed by atoms with Crippen molar-refractivity contribution in [1.82, 2.24) is 0 Å². The molecule has 5 atom stereocenters. The van der Waals surface area contributed by atoms with Crippen LogP contribution < -0.4 is 0 Å². The minimum atomic E-state index is -2.07. The molecule has 1 N–H and O–H groups in total. The summed E-state index contributed by atoms with van der Waals surface area (Å²) < 4.78 is 22.6. The molecular weight excluding hydrogens is 304 g/mol. The van der Waals surface area contributed by atoms with E-state index in [-0.39, 0.29) is 11.1 Å². The van der Waals surface area contributed by atoms with Gasteiger partial charge >= 0.3 is 5.97 Å². The lowest BCUT2D eigenvalue weighted by Crippen LogP contribution is -2.62. The zero-order chi connectivity index (χ0) is 17.3. The van der Waals surface area contributed by atoms with E-state index in [4.69, 9.17) is 18.6 Å². The molecule has 0 radical (unpaired) electrons. The van der Waals surface area contributed by atoms with Gasteiger partial charge in [-0.3, -0.25) is 4.79 Å². The van der Waals surface area contributed by atoms with Gasteiger partial charge in [0, 0.05) is 14.0 Å². The lowest BCUT2D eigenvalue weighted by molar-refractivity contribution is -0.283. The van der Waals surface area contributed by atoms with E-state index in [9.17, 15) is 9.90 Å². The summed E-state index contributed by atoms with van der Waals surface area (Å²) in [5.41, 5.74) is 0. The molecule has 1 fully saturated rings. The molecule has 1 saturated heterocycles. The lowest BCUT2D eigenvalue weighted by atomic mass is 9.99. The van der Waals surface area contributed by atoms with Crippen molar-refractivity contribution < 1.29 is 28.5 Å². The Morgan fingerprint density at radius 2 is 1.73 bits per heavy atom. The van der Waals surface area contributed by atoms with Crippen LogP contribution in [0.1, 0.15) is 34.6 Å². The number of methoxy groups -OCH3 is 1. The Balaban J connectivity index is 3.02. The first-order chi connectivity index (χ1) is 9.90. The topological polar surface area (TPSA) is 74.2 Å². The summed E-state index contributed by atoms with van der Waals surface area (Å²) in [6, 6.07) is 0. The molecule has 7 heteroatoms. The molecule has 22 heavy (non-hydrogen) atoms. The smallest absolute Gasteiger partial charge is 0.303 e. The molecule has 0 aromatic heterocycles. The number of aliphatic hydroxyl groups is 1. The van der Waals surface area contributed by atoms with Crippen molar-refractivity contribution in [1.29, 1.82) is 0 Å². The number of esters is 1. The van der Waals surface area contributed by atoms with Crippen LogP contribution in [0.4, 0.5) is 0 Å². The second-order valence-electron chi connectivity index (χ2n) is 7.35. The van der Waals surface area contributed by atoms with Crippen molar-refractivity contribution in [2.24, 2.45) is 0 Å². The maximum Gasteiger partial charge on any atom is 0.303 e.